The van der Waals surface area contributed by atoms with Crippen LogP contribution in [0.25, 0.3) is 0 Å². The number of carbonyl (C=O) groups excluding carboxylic acids is 2. The van der Waals surface area contributed by atoms with E-state index in [1.165, 1.54) is 16.9 Å². The van der Waals surface area contributed by atoms with Crippen molar-refractivity contribution >= 4 is 21.7 Å². The normalized spacial score (nSPS) is 18.7. The van der Waals surface area contributed by atoms with Gasteiger partial charge in [-0.05, 0) is 0 Å². The van der Waals surface area contributed by atoms with Crippen LogP contribution in [0, 0.1) is 7.05 Å². The lowest BCUT2D eigenvalue weighted by Crippen LogP contribution is -2.47. The molecule has 1 fully saturated rings. The fourth-order valence-corrected chi connectivity index (χ4v) is 2.76. The van der Waals surface area contributed by atoms with E-state index in [2.05, 4.69) is 11.8 Å². The van der Waals surface area contributed by atoms with Crippen LogP contribution in [0.1, 0.15) is 0 Å². The molecule has 0 aliphatic carbocycles. The van der Waals surface area contributed by atoms with Crippen LogP contribution in [0.5, 0.6) is 0 Å². The maximum Gasteiger partial charge on any atom is 0.317 e. The van der Waals surface area contributed by atoms with Crippen LogP contribution in [0.15, 0.2) is 0 Å². The molecule has 0 N–H and O–H groups in total. The molecule has 1 saturated heterocycles. The second-order valence-electron chi connectivity index (χ2n) is 4.10. The molecular weight excluding hydrogens is 260 g/mol. The number of nitrogens with zero attached hydrogens (tertiary/aromatic N) is 2. The SMILES string of the molecule is [CH2-]N(CC(=O)OC)CC(=O)N1CCS(=O)(=O)CC1. The Balaban J connectivity index is 2.40. The molecule has 1 aliphatic heterocycles. The number of hydrogen-bond acceptors (Lipinski definition) is 6. The van der Waals surface area contributed by atoms with Crippen LogP contribution in [-0.4, -0.2) is 74.9 Å². The van der Waals surface area contributed by atoms with E-state index in [4.69, 9.17) is 0 Å². The summed E-state index contributed by atoms with van der Waals surface area (Å²) >= 11 is 0. The molecule has 0 saturated carbocycles. The maximum atomic E-state index is 11.8. The first-order valence-corrected chi connectivity index (χ1v) is 7.26. The van der Waals surface area contributed by atoms with Gasteiger partial charge in [0, 0.05) is 13.1 Å². The van der Waals surface area contributed by atoms with Crippen molar-refractivity contribution in [2.45, 2.75) is 0 Å². The lowest BCUT2D eigenvalue weighted by molar-refractivity contribution is -0.142. The van der Waals surface area contributed by atoms with Gasteiger partial charge in [-0.2, -0.15) is 0 Å². The molecule has 7 nitrogen and oxygen atoms in total. The Morgan fingerprint density at radius 3 is 2.33 bits per heavy atom. The van der Waals surface area contributed by atoms with Crippen LogP contribution in [0.4, 0.5) is 0 Å². The van der Waals surface area contributed by atoms with Gasteiger partial charge in [-0.3, -0.25) is 16.6 Å². The Hall–Kier alpha value is -1.15. The van der Waals surface area contributed by atoms with E-state index in [1.807, 2.05) is 0 Å². The van der Waals surface area contributed by atoms with Crippen LogP contribution < -0.4 is 0 Å². The molecule has 0 unspecified atom stereocenters. The highest BCUT2D eigenvalue weighted by atomic mass is 32.2. The van der Waals surface area contributed by atoms with E-state index in [0.717, 1.165) is 0 Å². The number of ether oxygens (including phenoxy) is 1. The number of carbonyl (C=O) groups is 2. The average molecular weight is 277 g/mol. The predicted molar refractivity (Wildman–Crippen MR) is 64.2 cm³/mol. The zero-order valence-electron chi connectivity index (χ0n) is 10.3. The van der Waals surface area contributed by atoms with Crippen molar-refractivity contribution in [3.63, 3.8) is 0 Å². The minimum absolute atomic E-state index is 0.00706. The van der Waals surface area contributed by atoms with Gasteiger partial charge < -0.3 is 14.5 Å². The summed E-state index contributed by atoms with van der Waals surface area (Å²) < 4.78 is 26.9. The fourth-order valence-electron chi connectivity index (χ4n) is 1.56. The highest BCUT2D eigenvalue weighted by Crippen LogP contribution is 2.04. The zero-order chi connectivity index (χ0) is 13.8. The minimum Gasteiger partial charge on any atom is -0.468 e. The van der Waals surface area contributed by atoms with Crippen LogP contribution in [0.3, 0.4) is 0 Å². The predicted octanol–water partition coefficient (Wildman–Crippen LogP) is -1.49. The van der Waals surface area contributed by atoms with E-state index in [1.54, 1.807) is 0 Å². The first kappa shape index (κ1) is 14.9. The van der Waals surface area contributed by atoms with Gasteiger partial charge in [0.2, 0.25) is 5.91 Å². The van der Waals surface area contributed by atoms with Crippen molar-refractivity contribution < 1.29 is 22.7 Å². The molecule has 18 heavy (non-hydrogen) atoms. The largest absolute Gasteiger partial charge is 0.468 e. The fraction of sp³-hybridized carbons (Fsp3) is 0.700. The summed E-state index contributed by atoms with van der Waals surface area (Å²) in [5.74, 6) is -0.720. The number of rotatable bonds is 4. The molecule has 0 aromatic rings. The summed E-state index contributed by atoms with van der Waals surface area (Å²) in [6.45, 7) is 0.296. The van der Waals surface area contributed by atoms with E-state index >= 15 is 0 Å². The molecule has 1 amide bonds. The van der Waals surface area contributed by atoms with E-state index in [-0.39, 0.29) is 43.6 Å². The van der Waals surface area contributed by atoms with Gasteiger partial charge in [0.05, 0.1) is 31.7 Å². The Kier molecular flexibility index (Phi) is 5.09. The van der Waals surface area contributed by atoms with Gasteiger partial charge in [0.15, 0.2) is 9.84 Å². The molecule has 0 atom stereocenters. The lowest BCUT2D eigenvalue weighted by Gasteiger charge is -2.30. The molecule has 8 heteroatoms. The van der Waals surface area contributed by atoms with Gasteiger partial charge in [0.25, 0.3) is 0 Å². The molecule has 0 radical (unpaired) electrons. The molecule has 1 rings (SSSR count). The van der Waals surface area contributed by atoms with Crippen molar-refractivity contribution in [1.82, 2.24) is 9.80 Å². The maximum absolute atomic E-state index is 11.8. The van der Waals surface area contributed by atoms with Gasteiger partial charge in [-0.25, -0.2) is 8.42 Å². The van der Waals surface area contributed by atoms with E-state index < -0.39 is 15.8 Å². The minimum atomic E-state index is -3.00. The first-order chi connectivity index (χ1) is 8.34. The lowest BCUT2D eigenvalue weighted by atomic mass is 10.4. The standard InChI is InChI=1S/C10H17N2O5S/c1-11(8-10(14)17-2)7-9(13)12-3-5-18(15,16)6-4-12/h1,3-8H2,2H3/q-1. The first-order valence-electron chi connectivity index (χ1n) is 5.44. The number of hydrogen-bond donors (Lipinski definition) is 0. The van der Waals surface area contributed by atoms with E-state index in [9.17, 15) is 18.0 Å². The average Bonchev–Trinajstić information content (AvgIpc) is 2.28. The van der Waals surface area contributed by atoms with Crippen LogP contribution in [0.2, 0.25) is 0 Å². The molecule has 0 aromatic heterocycles. The Labute approximate surface area is 107 Å². The molecule has 1 heterocycles. The van der Waals surface area contributed by atoms with Crippen molar-refractivity contribution in [2.24, 2.45) is 0 Å². The third kappa shape index (κ3) is 4.61. The Morgan fingerprint density at radius 2 is 1.83 bits per heavy atom. The number of methoxy groups -OCH3 is 1. The van der Waals surface area contributed by atoms with Crippen LogP contribution in [-0.2, 0) is 24.2 Å². The van der Waals surface area contributed by atoms with Crippen molar-refractivity contribution in [1.29, 1.82) is 0 Å². The topological polar surface area (TPSA) is 84.0 Å². The Morgan fingerprint density at radius 1 is 1.28 bits per heavy atom. The molecular formula is C10H17N2O5S-. The van der Waals surface area contributed by atoms with Crippen molar-refractivity contribution in [2.75, 3.05) is 44.8 Å². The second-order valence-corrected chi connectivity index (χ2v) is 6.40. The van der Waals surface area contributed by atoms with Crippen LogP contribution >= 0.6 is 0 Å². The quantitative estimate of drug-likeness (QED) is 0.460. The summed E-state index contributed by atoms with van der Waals surface area (Å²) in [7, 11) is 1.82. The highest BCUT2D eigenvalue weighted by Gasteiger charge is 2.24. The summed E-state index contributed by atoms with van der Waals surface area (Å²) in [5, 5.41) is 0. The molecule has 104 valence electrons. The second kappa shape index (κ2) is 6.14. The summed E-state index contributed by atoms with van der Waals surface area (Å²) in [6.07, 6.45) is 0. The zero-order valence-corrected chi connectivity index (χ0v) is 11.1. The number of esters is 1. The van der Waals surface area contributed by atoms with E-state index in [0.29, 0.717) is 0 Å². The molecule has 0 spiro atoms. The highest BCUT2D eigenvalue weighted by molar-refractivity contribution is 7.91. The number of amides is 1. The van der Waals surface area contributed by atoms with Gasteiger partial charge in [-0.1, -0.05) is 0 Å². The molecule has 0 bridgehead atoms. The summed E-state index contributed by atoms with van der Waals surface area (Å²) in [4.78, 5) is 25.5. The summed E-state index contributed by atoms with van der Waals surface area (Å²) in [5.41, 5.74) is 0. The molecule has 0 aromatic carbocycles. The van der Waals surface area contributed by atoms with Crippen molar-refractivity contribution in [3.05, 3.63) is 7.05 Å². The number of sulfone groups is 1. The van der Waals surface area contributed by atoms with Gasteiger partial charge >= 0.3 is 5.97 Å². The third-order valence-corrected chi connectivity index (χ3v) is 4.25. The third-order valence-electron chi connectivity index (χ3n) is 2.64. The van der Waals surface area contributed by atoms with Gasteiger partial charge in [-0.15, -0.1) is 0 Å². The smallest absolute Gasteiger partial charge is 0.317 e. The monoisotopic (exact) mass is 277 g/mol. The summed E-state index contributed by atoms with van der Waals surface area (Å²) in [6, 6.07) is 0. The Bertz CT molecular complexity index is 406. The van der Waals surface area contributed by atoms with Crippen molar-refractivity contribution in [3.8, 4) is 0 Å². The van der Waals surface area contributed by atoms with Gasteiger partial charge in [0.1, 0.15) is 0 Å². The molecule has 1 aliphatic rings.